The molecule has 5 nitrogen and oxygen atoms in total. The number of thiocarbonyl (C=S) groups is 1. The molecule has 1 atom stereocenters. The number of halogens is 1. The van der Waals surface area contributed by atoms with E-state index in [2.05, 4.69) is 38.8 Å². The molecule has 0 radical (unpaired) electrons. The molecule has 0 spiro atoms. The maximum atomic E-state index is 11.8. The predicted molar refractivity (Wildman–Crippen MR) is 86.8 cm³/mol. The van der Waals surface area contributed by atoms with Gasteiger partial charge in [0.05, 0.1) is 6.61 Å². The summed E-state index contributed by atoms with van der Waals surface area (Å²) in [4.78, 5) is 11.8. The molecule has 1 aromatic carbocycles. The third-order valence-corrected chi connectivity index (χ3v) is 3.06. The number of ether oxygens (including phenoxy) is 1. The average molecular weight is 393 g/mol. The highest BCUT2D eigenvalue weighted by Crippen LogP contribution is 2.07. The van der Waals surface area contributed by atoms with Crippen molar-refractivity contribution < 1.29 is 9.53 Å². The Morgan fingerprint density at radius 3 is 2.84 bits per heavy atom. The number of rotatable bonds is 4. The molecular weight excluding hydrogens is 377 g/mol. The fourth-order valence-corrected chi connectivity index (χ4v) is 2.16. The van der Waals surface area contributed by atoms with Gasteiger partial charge in [-0.25, -0.2) is 0 Å². The molecule has 0 saturated carbocycles. The van der Waals surface area contributed by atoms with Crippen LogP contribution in [0.3, 0.4) is 0 Å². The maximum Gasteiger partial charge on any atom is 0.269 e. The van der Waals surface area contributed by atoms with Crippen LogP contribution in [0.15, 0.2) is 24.3 Å². The molecule has 0 bridgehead atoms. The zero-order valence-corrected chi connectivity index (χ0v) is 13.7. The Labute approximate surface area is 131 Å². The van der Waals surface area contributed by atoms with Crippen LogP contribution < -0.4 is 16.2 Å². The van der Waals surface area contributed by atoms with E-state index in [9.17, 15) is 4.79 Å². The van der Waals surface area contributed by atoms with Crippen LogP contribution in [0, 0.1) is 3.57 Å². The molecule has 0 aliphatic carbocycles. The highest BCUT2D eigenvalue weighted by Gasteiger charge is 2.07. The first kappa shape index (κ1) is 16.1. The molecular formula is C12H16IN3O2S. The van der Waals surface area contributed by atoms with Gasteiger partial charge in [-0.05, 0) is 59.9 Å². The van der Waals surface area contributed by atoms with Crippen LogP contribution in [0.1, 0.15) is 17.3 Å². The van der Waals surface area contributed by atoms with Crippen molar-refractivity contribution in [3.8, 4) is 0 Å². The average Bonchev–Trinajstić information content (AvgIpc) is 2.36. The number of benzene rings is 1. The number of carbonyl (C=O) groups is 1. The molecule has 0 unspecified atom stereocenters. The summed E-state index contributed by atoms with van der Waals surface area (Å²) < 4.78 is 5.97. The van der Waals surface area contributed by atoms with Crippen LogP contribution in [0.4, 0.5) is 0 Å². The van der Waals surface area contributed by atoms with Gasteiger partial charge in [-0.15, -0.1) is 0 Å². The second-order valence-corrected chi connectivity index (χ2v) is 5.57. The van der Waals surface area contributed by atoms with Gasteiger partial charge in [-0.1, -0.05) is 6.07 Å². The fraction of sp³-hybridized carbons (Fsp3) is 0.333. The van der Waals surface area contributed by atoms with E-state index in [4.69, 9.17) is 17.0 Å². The van der Waals surface area contributed by atoms with Gasteiger partial charge >= 0.3 is 0 Å². The Balaban J connectivity index is 2.40. The fourth-order valence-electron chi connectivity index (χ4n) is 1.37. The Bertz CT molecular complexity index is 456. The Morgan fingerprint density at radius 1 is 1.47 bits per heavy atom. The summed E-state index contributed by atoms with van der Waals surface area (Å²) in [6.07, 6.45) is 0. The van der Waals surface area contributed by atoms with E-state index in [1.165, 1.54) is 0 Å². The zero-order chi connectivity index (χ0) is 14.3. The molecule has 0 heterocycles. The number of hydrazine groups is 1. The van der Waals surface area contributed by atoms with Crippen LogP contribution in [-0.2, 0) is 4.74 Å². The van der Waals surface area contributed by atoms with Crippen LogP contribution in [0.2, 0.25) is 0 Å². The third kappa shape index (κ3) is 6.17. The van der Waals surface area contributed by atoms with Crippen LogP contribution in [0.25, 0.3) is 0 Å². The minimum Gasteiger partial charge on any atom is -0.383 e. The quantitative estimate of drug-likeness (QED) is 0.411. The van der Waals surface area contributed by atoms with Crippen molar-refractivity contribution in [1.82, 2.24) is 16.2 Å². The largest absolute Gasteiger partial charge is 0.383 e. The number of methoxy groups -OCH3 is 1. The van der Waals surface area contributed by atoms with Crippen molar-refractivity contribution in [2.75, 3.05) is 13.7 Å². The second-order valence-electron chi connectivity index (χ2n) is 3.92. The molecule has 1 aromatic rings. The van der Waals surface area contributed by atoms with Crippen LogP contribution in [0.5, 0.6) is 0 Å². The normalized spacial score (nSPS) is 11.5. The monoisotopic (exact) mass is 393 g/mol. The van der Waals surface area contributed by atoms with E-state index in [0.717, 1.165) is 3.57 Å². The summed E-state index contributed by atoms with van der Waals surface area (Å²) >= 11 is 7.20. The van der Waals surface area contributed by atoms with Crippen molar-refractivity contribution in [3.05, 3.63) is 33.4 Å². The Morgan fingerprint density at radius 2 is 2.21 bits per heavy atom. The first-order valence-corrected chi connectivity index (χ1v) is 7.13. The van der Waals surface area contributed by atoms with Crippen molar-refractivity contribution >= 4 is 45.8 Å². The highest BCUT2D eigenvalue weighted by molar-refractivity contribution is 14.1. The summed E-state index contributed by atoms with van der Waals surface area (Å²) in [5, 5.41) is 3.33. The molecule has 1 amide bonds. The summed E-state index contributed by atoms with van der Waals surface area (Å²) in [7, 11) is 1.62. The molecule has 104 valence electrons. The molecule has 0 saturated heterocycles. The lowest BCUT2D eigenvalue weighted by Crippen LogP contribution is -2.49. The van der Waals surface area contributed by atoms with E-state index in [-0.39, 0.29) is 11.9 Å². The first-order chi connectivity index (χ1) is 9.02. The van der Waals surface area contributed by atoms with Crippen LogP contribution >= 0.6 is 34.8 Å². The molecule has 0 aliphatic rings. The molecule has 1 rings (SSSR count). The van der Waals surface area contributed by atoms with E-state index in [1.54, 1.807) is 19.2 Å². The van der Waals surface area contributed by atoms with E-state index >= 15 is 0 Å². The van der Waals surface area contributed by atoms with Crippen molar-refractivity contribution in [1.29, 1.82) is 0 Å². The van der Waals surface area contributed by atoms with E-state index in [1.807, 2.05) is 19.1 Å². The van der Waals surface area contributed by atoms with Crippen molar-refractivity contribution in [3.63, 3.8) is 0 Å². The maximum absolute atomic E-state index is 11.8. The Kier molecular flexibility index (Phi) is 7.03. The van der Waals surface area contributed by atoms with Gasteiger partial charge < -0.3 is 10.1 Å². The van der Waals surface area contributed by atoms with Gasteiger partial charge in [0.1, 0.15) is 0 Å². The zero-order valence-electron chi connectivity index (χ0n) is 10.7. The molecule has 7 heteroatoms. The number of nitrogens with one attached hydrogen (secondary N) is 3. The summed E-state index contributed by atoms with van der Waals surface area (Å²) in [5.41, 5.74) is 5.77. The van der Waals surface area contributed by atoms with E-state index < -0.39 is 0 Å². The van der Waals surface area contributed by atoms with Gasteiger partial charge in [0, 0.05) is 22.3 Å². The van der Waals surface area contributed by atoms with Gasteiger partial charge in [0.25, 0.3) is 5.91 Å². The summed E-state index contributed by atoms with van der Waals surface area (Å²) in [6.45, 7) is 2.46. The number of amides is 1. The van der Waals surface area contributed by atoms with Gasteiger partial charge in [-0.3, -0.25) is 15.6 Å². The second kappa shape index (κ2) is 8.28. The highest BCUT2D eigenvalue weighted by atomic mass is 127. The number of hydrogen-bond donors (Lipinski definition) is 3. The standard InChI is InChI=1S/C12H16IN3O2S/c1-8(7-18-2)14-12(19)16-15-11(17)9-4-3-5-10(13)6-9/h3-6,8H,7H2,1-2H3,(H,15,17)(H2,14,16,19)/t8-/m1/s1. The minimum absolute atomic E-state index is 0.0691. The van der Waals surface area contributed by atoms with Gasteiger partial charge in [0.15, 0.2) is 5.11 Å². The van der Waals surface area contributed by atoms with Crippen LogP contribution in [-0.4, -0.2) is 30.8 Å². The molecule has 0 aliphatic heterocycles. The van der Waals surface area contributed by atoms with Gasteiger partial charge in [0.2, 0.25) is 0 Å². The first-order valence-electron chi connectivity index (χ1n) is 5.64. The lowest BCUT2D eigenvalue weighted by molar-refractivity contribution is 0.0943. The molecule has 0 aromatic heterocycles. The molecule has 3 N–H and O–H groups in total. The lowest BCUT2D eigenvalue weighted by atomic mass is 10.2. The molecule has 0 fully saturated rings. The molecule has 19 heavy (non-hydrogen) atoms. The topological polar surface area (TPSA) is 62.4 Å². The summed E-state index contributed by atoms with van der Waals surface area (Å²) in [6, 6.07) is 7.35. The number of carbonyl (C=O) groups excluding carboxylic acids is 1. The third-order valence-electron chi connectivity index (χ3n) is 2.17. The van der Waals surface area contributed by atoms with Crippen molar-refractivity contribution in [2.24, 2.45) is 0 Å². The predicted octanol–water partition coefficient (Wildman–Crippen LogP) is 1.44. The minimum atomic E-state index is -0.234. The van der Waals surface area contributed by atoms with Crippen molar-refractivity contribution in [2.45, 2.75) is 13.0 Å². The number of hydrogen-bond acceptors (Lipinski definition) is 3. The van der Waals surface area contributed by atoms with Gasteiger partial charge in [-0.2, -0.15) is 0 Å². The smallest absolute Gasteiger partial charge is 0.269 e. The summed E-state index contributed by atoms with van der Waals surface area (Å²) in [5.74, 6) is -0.234. The van der Waals surface area contributed by atoms with E-state index in [0.29, 0.717) is 17.3 Å². The SMILES string of the molecule is COC[C@@H](C)NC(=S)NNC(=O)c1cccc(I)c1. The Hall–Kier alpha value is -0.930. The lowest BCUT2D eigenvalue weighted by Gasteiger charge is -2.16.